The molecule has 0 heterocycles. The van der Waals surface area contributed by atoms with E-state index in [4.69, 9.17) is 9.79 Å². The molecule has 0 aliphatic carbocycles. The third-order valence-corrected chi connectivity index (χ3v) is 1.09. The van der Waals surface area contributed by atoms with Crippen LogP contribution in [0.15, 0.2) is 0 Å². The van der Waals surface area contributed by atoms with Gasteiger partial charge in [0.15, 0.2) is 6.79 Å². The van der Waals surface area contributed by atoms with Gasteiger partial charge in [0.1, 0.15) is 0 Å². The Morgan fingerprint density at radius 1 is 0.733 bits per heavy atom. The van der Waals surface area contributed by atoms with Crippen molar-refractivity contribution in [1.82, 2.24) is 0 Å². The van der Waals surface area contributed by atoms with Gasteiger partial charge in [-0.05, 0) is 0 Å². The van der Waals surface area contributed by atoms with Crippen LogP contribution in [-0.2, 0) is 18.2 Å². The maximum absolute atomic E-state index is 9.69. The fourth-order valence-corrected chi connectivity index (χ4v) is 0.568. The van der Waals surface area contributed by atoms with Crippen molar-refractivity contribution in [2.75, 3.05) is 6.79 Å². The second-order valence-electron chi connectivity index (χ2n) is 0.938. The molecule has 15 heavy (non-hydrogen) atoms. The van der Waals surface area contributed by atoms with E-state index in [0.29, 0.717) is 0 Å². The predicted molar refractivity (Wildman–Crippen MR) is 72.4 cm³/mol. The summed E-state index contributed by atoms with van der Waals surface area (Å²) >= 11 is 0. The molecule has 0 rings (SSSR count). The van der Waals surface area contributed by atoms with Gasteiger partial charge in [0, 0.05) is 0 Å². The van der Waals surface area contributed by atoms with E-state index < -0.39 is 23.3 Å². The average Bonchev–Trinajstić information content (AvgIpc) is 1.63. The summed E-state index contributed by atoms with van der Waals surface area (Å²) in [7, 11) is -6.08. The molecule has 68 valence electrons. The quantitative estimate of drug-likeness (QED) is 0.275. The van der Waals surface area contributed by atoms with Crippen molar-refractivity contribution in [3.05, 3.63) is 0 Å². The zero-order chi connectivity index (χ0) is 7.28. The molecular formula is CH12K6O6P2. The fourth-order valence-electron chi connectivity index (χ4n) is 0.130. The molecule has 0 saturated carbocycles. The Bertz CT molecular complexity index is 121. The molecule has 2 atom stereocenters. The first-order valence-electron chi connectivity index (χ1n) is 1.84. The van der Waals surface area contributed by atoms with Crippen molar-refractivity contribution < 1.29 is 28.0 Å². The van der Waals surface area contributed by atoms with Crippen LogP contribution in [0.4, 0.5) is 0 Å². The van der Waals surface area contributed by atoms with Crippen molar-refractivity contribution in [3.63, 3.8) is 0 Å². The second-order valence-corrected chi connectivity index (χ2v) is 2.58. The second kappa shape index (κ2) is 35.3. The molecule has 6 nitrogen and oxygen atoms in total. The van der Waals surface area contributed by atoms with Crippen molar-refractivity contribution >= 4 is 325 Å². The fraction of sp³-hybridized carbons (Fsp3) is 1.00. The minimum atomic E-state index is -3.04. The van der Waals surface area contributed by atoms with Gasteiger partial charge in [-0.25, -0.2) is 0 Å². The van der Waals surface area contributed by atoms with Crippen LogP contribution in [0.3, 0.4) is 0 Å². The summed E-state index contributed by atoms with van der Waals surface area (Å²) < 4.78 is 27.2. The molecular weight excluding hydrogens is 405 g/mol. The normalized spacial score (nSPS) is 10.3. The monoisotopic (exact) mass is 416 g/mol. The third-order valence-electron chi connectivity index (χ3n) is 0.365. The molecule has 0 aromatic carbocycles. The first-order valence-corrected chi connectivity index (χ1v) is 4.37. The molecule has 0 aliphatic heterocycles. The van der Waals surface area contributed by atoms with Gasteiger partial charge in [-0.3, -0.25) is 18.2 Å². The Hall–Kier alpha value is 10.1. The number of hydrogen-bond acceptors (Lipinski definition) is 4. The molecule has 14 heteroatoms. The third kappa shape index (κ3) is 45.4. The van der Waals surface area contributed by atoms with E-state index in [1.807, 2.05) is 0 Å². The van der Waals surface area contributed by atoms with Crippen LogP contribution in [0.5, 0.6) is 0 Å². The molecule has 0 aromatic heterocycles. The van der Waals surface area contributed by atoms with Gasteiger partial charge in [0.2, 0.25) is 0 Å². The summed E-state index contributed by atoms with van der Waals surface area (Å²) in [4.78, 5) is 15.9. The first-order chi connectivity index (χ1) is 4.13. The Morgan fingerprint density at radius 3 is 1.07 bits per heavy atom. The van der Waals surface area contributed by atoms with Crippen molar-refractivity contribution in [1.29, 1.82) is 0 Å². The van der Waals surface area contributed by atoms with E-state index in [9.17, 15) is 9.13 Å². The van der Waals surface area contributed by atoms with Crippen molar-refractivity contribution in [2.24, 2.45) is 0 Å². The maximum atomic E-state index is 9.69. The van der Waals surface area contributed by atoms with Gasteiger partial charge in [0.05, 0.1) is 0 Å². The summed E-state index contributed by atoms with van der Waals surface area (Å²) in [6.45, 7) is -0.622. The van der Waals surface area contributed by atoms with Crippen LogP contribution < -0.4 is 0 Å². The van der Waals surface area contributed by atoms with Gasteiger partial charge in [-0.1, -0.05) is 0 Å². The minimum absolute atomic E-state index is 0. The van der Waals surface area contributed by atoms with Gasteiger partial charge in [0.25, 0.3) is 0 Å². The van der Waals surface area contributed by atoms with Gasteiger partial charge < -0.3 is 9.79 Å². The Labute approximate surface area is 346 Å². The molecule has 0 spiro atoms. The predicted octanol–water partition coefficient (Wildman–Crippen LogP) is -4.15. The summed E-state index contributed by atoms with van der Waals surface area (Å²) in [6.07, 6.45) is 0. The summed E-state index contributed by atoms with van der Waals surface area (Å²) in [6, 6.07) is 0. The van der Waals surface area contributed by atoms with E-state index in [2.05, 4.69) is 9.05 Å². The van der Waals surface area contributed by atoms with E-state index in [1.54, 1.807) is 0 Å². The summed E-state index contributed by atoms with van der Waals surface area (Å²) in [5.74, 6) is 0. The molecule has 2 unspecified atom stereocenters. The molecule has 0 fully saturated rings. The van der Waals surface area contributed by atoms with Crippen LogP contribution in [0.2, 0.25) is 0 Å². The van der Waals surface area contributed by atoms with Crippen LogP contribution in [0.25, 0.3) is 0 Å². The van der Waals surface area contributed by atoms with E-state index in [1.165, 1.54) is 0 Å². The molecule has 2 N–H and O–H groups in total. The molecule has 0 amide bonds. The Morgan fingerprint density at radius 2 is 0.933 bits per heavy atom. The van der Waals surface area contributed by atoms with E-state index in [-0.39, 0.29) is 308 Å². The zero-order valence-electron chi connectivity index (χ0n) is 4.23. The average molecular weight is 417 g/mol. The SMILES string of the molecule is O=[PH](O)OCO[PH](=O)O.[KH].[KH].[KH].[KH].[KH].[KH]. The standard InChI is InChI=1S/CH6O6P2.6K.6H/c2-8(3)6-1-7-9(4)5;;;;;;;;;;;;/h8-9H,1H2,(H,2,3)(H,4,5);;;;;;;;;;;;. The summed E-state index contributed by atoms with van der Waals surface area (Å²) in [5.41, 5.74) is 0. The van der Waals surface area contributed by atoms with Gasteiger partial charge >= 0.3 is 325 Å². The Balaban J connectivity index is -0.0000000213. The van der Waals surface area contributed by atoms with Crippen LogP contribution >= 0.6 is 16.5 Å². The van der Waals surface area contributed by atoms with Crippen LogP contribution in [0, 0.1) is 0 Å². The number of hydrogen-bond donors (Lipinski definition) is 2. The topological polar surface area (TPSA) is 93.1 Å². The van der Waals surface area contributed by atoms with Gasteiger partial charge in [-0.15, -0.1) is 0 Å². The molecule has 0 aromatic rings. The molecule has 0 bridgehead atoms. The van der Waals surface area contributed by atoms with Crippen LogP contribution in [0.1, 0.15) is 0 Å². The molecule has 0 radical (unpaired) electrons. The number of rotatable bonds is 4. The van der Waals surface area contributed by atoms with Crippen LogP contribution in [-0.4, -0.2) is 325 Å². The summed E-state index contributed by atoms with van der Waals surface area (Å²) in [5, 5.41) is 0. The molecule has 0 aliphatic rings. The van der Waals surface area contributed by atoms with E-state index in [0.717, 1.165) is 0 Å². The zero-order valence-corrected chi connectivity index (χ0v) is 6.23. The van der Waals surface area contributed by atoms with Crippen molar-refractivity contribution in [2.45, 2.75) is 0 Å². The Kier molecular flexibility index (Phi) is 105. The van der Waals surface area contributed by atoms with Crippen molar-refractivity contribution in [3.8, 4) is 0 Å². The van der Waals surface area contributed by atoms with E-state index >= 15 is 0 Å². The first kappa shape index (κ1) is 44.5. The van der Waals surface area contributed by atoms with Gasteiger partial charge in [-0.2, -0.15) is 0 Å². The molecule has 0 saturated heterocycles.